The van der Waals surface area contributed by atoms with Crippen molar-refractivity contribution < 1.29 is 23.9 Å². The van der Waals surface area contributed by atoms with Gasteiger partial charge in [-0.05, 0) is 51.2 Å². The van der Waals surface area contributed by atoms with Crippen LogP contribution >= 0.6 is 11.3 Å². The van der Waals surface area contributed by atoms with Crippen molar-refractivity contribution >= 4 is 40.7 Å². The summed E-state index contributed by atoms with van der Waals surface area (Å²) in [5.74, 6) is -1.53. The monoisotopic (exact) mass is 545 g/mol. The molecule has 2 aromatic rings. The molecule has 11 nitrogen and oxygen atoms in total. The number of aromatic nitrogens is 2. The maximum Gasteiger partial charge on any atom is 0.330 e. The Morgan fingerprint density at radius 3 is 2.63 bits per heavy atom. The van der Waals surface area contributed by atoms with Gasteiger partial charge in [-0.15, -0.1) is 11.3 Å². The molecule has 0 bridgehead atoms. The first-order valence-electron chi connectivity index (χ1n) is 12.4. The van der Waals surface area contributed by atoms with Gasteiger partial charge in [-0.25, -0.2) is 9.78 Å². The molecule has 0 saturated carbocycles. The molecule has 12 heteroatoms. The van der Waals surface area contributed by atoms with Crippen molar-refractivity contribution in [3.8, 4) is 0 Å². The summed E-state index contributed by atoms with van der Waals surface area (Å²) in [6.45, 7) is 8.09. The number of thiazole rings is 1. The summed E-state index contributed by atoms with van der Waals surface area (Å²) in [6.07, 6.45) is 5.52. The summed E-state index contributed by atoms with van der Waals surface area (Å²) in [5, 5.41) is 8.00. The van der Waals surface area contributed by atoms with Crippen molar-refractivity contribution in [2.75, 3.05) is 18.5 Å². The van der Waals surface area contributed by atoms with Crippen LogP contribution in [0.2, 0.25) is 0 Å². The van der Waals surface area contributed by atoms with E-state index in [2.05, 4.69) is 20.9 Å². The lowest BCUT2D eigenvalue weighted by molar-refractivity contribution is -0.137. The molecule has 3 N–H and O–H groups in total. The highest BCUT2D eigenvalue weighted by atomic mass is 32.1. The van der Waals surface area contributed by atoms with Gasteiger partial charge in [0.2, 0.25) is 11.8 Å². The van der Waals surface area contributed by atoms with Crippen LogP contribution in [0.25, 0.3) is 0 Å². The highest BCUT2D eigenvalue weighted by molar-refractivity contribution is 7.09. The van der Waals surface area contributed by atoms with Gasteiger partial charge in [0.25, 0.3) is 11.5 Å². The summed E-state index contributed by atoms with van der Waals surface area (Å²) >= 11 is 1.30. The first kappa shape index (κ1) is 30.4. The zero-order valence-electron chi connectivity index (χ0n) is 22.1. The number of nitrogens with zero attached hydrogens (tertiary/aromatic N) is 2. The van der Waals surface area contributed by atoms with Crippen molar-refractivity contribution in [3.63, 3.8) is 0 Å². The van der Waals surface area contributed by atoms with E-state index < -0.39 is 29.4 Å². The SMILES string of the molecule is CCOC(=O)C=CCCC(NC(=O)c1ncsc1C)C(=O)Nc1cccn(CC(=O)NCCC(C)C)c1=O. The van der Waals surface area contributed by atoms with Crippen LogP contribution in [0, 0.1) is 12.8 Å². The second kappa shape index (κ2) is 15.5. The molecule has 0 aromatic carbocycles. The summed E-state index contributed by atoms with van der Waals surface area (Å²) < 4.78 is 6.04. The fraction of sp³-hybridized carbons (Fsp3) is 0.462. The highest BCUT2D eigenvalue weighted by Gasteiger charge is 2.24. The van der Waals surface area contributed by atoms with E-state index in [0.717, 1.165) is 6.42 Å². The summed E-state index contributed by atoms with van der Waals surface area (Å²) in [7, 11) is 0. The molecular weight excluding hydrogens is 510 g/mol. The third kappa shape index (κ3) is 9.92. The Morgan fingerprint density at radius 1 is 1.21 bits per heavy atom. The molecule has 3 amide bonds. The number of carbonyl (C=O) groups is 4. The standard InChI is InChI=1S/C26H35N5O6S/c1-5-37-22(33)11-7-6-9-19(29-25(35)23-18(4)38-16-28-23)24(34)30-20-10-8-14-31(26(20)36)15-21(32)27-13-12-17(2)3/h7-8,10-11,14,16-17,19H,5-6,9,12-13,15H2,1-4H3,(H,27,32)(H,29,35)(H,30,34). The summed E-state index contributed by atoms with van der Waals surface area (Å²) in [5.41, 5.74) is 1.16. The molecule has 206 valence electrons. The van der Waals surface area contributed by atoms with E-state index in [-0.39, 0.29) is 43.3 Å². The van der Waals surface area contributed by atoms with E-state index in [4.69, 9.17) is 4.74 Å². The van der Waals surface area contributed by atoms with Crippen molar-refractivity contribution in [2.45, 2.75) is 59.5 Å². The van der Waals surface area contributed by atoms with Crippen LogP contribution in [0.3, 0.4) is 0 Å². The number of rotatable bonds is 14. The Morgan fingerprint density at radius 2 is 1.97 bits per heavy atom. The lowest BCUT2D eigenvalue weighted by atomic mass is 10.1. The van der Waals surface area contributed by atoms with E-state index in [9.17, 15) is 24.0 Å². The first-order chi connectivity index (χ1) is 18.1. The number of ether oxygens (including phenoxy) is 1. The Hall–Kier alpha value is -3.80. The molecule has 38 heavy (non-hydrogen) atoms. The maximum atomic E-state index is 13.1. The number of amides is 3. The topological polar surface area (TPSA) is 148 Å². The minimum absolute atomic E-state index is 0.0290. The molecule has 0 spiro atoms. The fourth-order valence-corrected chi connectivity index (χ4v) is 3.91. The van der Waals surface area contributed by atoms with Gasteiger partial charge in [0.15, 0.2) is 0 Å². The van der Waals surface area contributed by atoms with Crippen LogP contribution in [0.5, 0.6) is 0 Å². The number of nitrogens with one attached hydrogen (secondary N) is 3. The predicted molar refractivity (Wildman–Crippen MR) is 145 cm³/mol. The number of hydrogen-bond donors (Lipinski definition) is 3. The largest absolute Gasteiger partial charge is 0.463 e. The van der Waals surface area contributed by atoms with Crippen molar-refractivity contribution in [2.24, 2.45) is 5.92 Å². The normalized spacial score (nSPS) is 11.8. The number of pyridine rings is 1. The Bertz CT molecular complexity index is 1200. The van der Waals surface area contributed by atoms with Crippen LogP contribution in [0.1, 0.15) is 55.4 Å². The number of allylic oxidation sites excluding steroid dienone is 1. The Balaban J connectivity index is 2.12. The molecule has 2 aromatic heterocycles. The van der Waals surface area contributed by atoms with E-state index >= 15 is 0 Å². The molecule has 1 atom stereocenters. The maximum absolute atomic E-state index is 13.1. The lowest BCUT2D eigenvalue weighted by Crippen LogP contribution is -2.45. The van der Waals surface area contributed by atoms with Crippen molar-refractivity contribution in [1.29, 1.82) is 0 Å². The van der Waals surface area contributed by atoms with Crippen molar-refractivity contribution in [1.82, 2.24) is 20.2 Å². The van der Waals surface area contributed by atoms with Gasteiger partial charge in [-0.2, -0.15) is 0 Å². The van der Waals surface area contributed by atoms with Gasteiger partial charge in [0.05, 0.1) is 12.1 Å². The molecule has 0 aliphatic carbocycles. The summed E-state index contributed by atoms with van der Waals surface area (Å²) in [6, 6.07) is 1.95. The van der Waals surface area contributed by atoms with Gasteiger partial charge in [-0.3, -0.25) is 19.2 Å². The van der Waals surface area contributed by atoms with Crippen LogP contribution < -0.4 is 21.5 Å². The van der Waals surface area contributed by atoms with Gasteiger partial charge in [0.1, 0.15) is 24.0 Å². The number of aryl methyl sites for hydroxylation is 1. The predicted octanol–water partition coefficient (Wildman–Crippen LogP) is 2.41. The zero-order valence-corrected chi connectivity index (χ0v) is 22.9. The minimum Gasteiger partial charge on any atom is -0.463 e. The molecular formula is C26H35N5O6S. The number of esters is 1. The zero-order chi connectivity index (χ0) is 28.1. The smallest absolute Gasteiger partial charge is 0.330 e. The van der Waals surface area contributed by atoms with E-state index in [0.29, 0.717) is 17.3 Å². The van der Waals surface area contributed by atoms with Gasteiger partial charge >= 0.3 is 5.97 Å². The van der Waals surface area contributed by atoms with Gasteiger partial charge in [0, 0.05) is 23.7 Å². The molecule has 0 fully saturated rings. The minimum atomic E-state index is -1.03. The molecule has 2 rings (SSSR count). The second-order valence-corrected chi connectivity index (χ2v) is 9.95. The van der Waals surface area contributed by atoms with Crippen LogP contribution in [0.4, 0.5) is 5.69 Å². The van der Waals surface area contributed by atoms with Gasteiger partial charge in [-0.1, -0.05) is 19.9 Å². The quantitative estimate of drug-likeness (QED) is 0.244. The Kier molecular flexibility index (Phi) is 12.4. The number of hydrogen-bond acceptors (Lipinski definition) is 8. The molecule has 0 aliphatic heterocycles. The van der Waals surface area contributed by atoms with Crippen LogP contribution in [-0.4, -0.2) is 52.4 Å². The second-order valence-electron chi connectivity index (χ2n) is 8.89. The summed E-state index contributed by atoms with van der Waals surface area (Å²) in [4.78, 5) is 67.3. The first-order valence-corrected chi connectivity index (χ1v) is 13.3. The molecule has 2 heterocycles. The van der Waals surface area contributed by atoms with Crippen molar-refractivity contribution in [3.05, 3.63) is 56.9 Å². The highest BCUT2D eigenvalue weighted by Crippen LogP contribution is 2.12. The Labute approximate surface area is 225 Å². The van der Waals surface area contributed by atoms with E-state index in [1.165, 1.54) is 39.8 Å². The third-order valence-corrected chi connectivity index (χ3v) is 6.14. The van der Waals surface area contributed by atoms with Gasteiger partial charge < -0.3 is 25.3 Å². The molecule has 0 saturated heterocycles. The lowest BCUT2D eigenvalue weighted by Gasteiger charge is -2.18. The number of carbonyl (C=O) groups excluding carboxylic acids is 4. The third-order valence-electron chi connectivity index (χ3n) is 5.38. The average molecular weight is 546 g/mol. The molecule has 0 aliphatic rings. The molecule has 0 radical (unpaired) electrons. The van der Waals surface area contributed by atoms with Crippen LogP contribution in [0.15, 0.2) is 40.8 Å². The van der Waals surface area contributed by atoms with E-state index in [1.54, 1.807) is 26.0 Å². The fourth-order valence-electron chi connectivity index (χ4n) is 3.34. The molecule has 1 unspecified atom stereocenters. The average Bonchev–Trinajstić information content (AvgIpc) is 3.29. The van der Waals surface area contributed by atoms with E-state index in [1.807, 2.05) is 13.8 Å². The number of anilines is 1. The van der Waals surface area contributed by atoms with Crippen LogP contribution in [-0.2, 0) is 25.7 Å².